The molecule has 0 radical (unpaired) electrons. The number of nitrogens with zero attached hydrogens (tertiary/aromatic N) is 3. The normalized spacial score (nSPS) is 24.8. The van der Waals surface area contributed by atoms with E-state index in [2.05, 4.69) is 22.1 Å². The van der Waals surface area contributed by atoms with Crippen molar-refractivity contribution < 1.29 is 24.1 Å². The summed E-state index contributed by atoms with van der Waals surface area (Å²) < 4.78 is 17.2. The third-order valence-corrected chi connectivity index (χ3v) is 7.13. The first kappa shape index (κ1) is 23.8. The lowest BCUT2D eigenvalue weighted by molar-refractivity contribution is 0.0690. The van der Waals surface area contributed by atoms with Crippen molar-refractivity contribution in [1.82, 2.24) is 9.97 Å². The van der Waals surface area contributed by atoms with Crippen LogP contribution in [0, 0.1) is 5.92 Å². The Morgan fingerprint density at radius 1 is 1.03 bits per heavy atom. The number of nitrogens with one attached hydrogen (secondary N) is 1. The van der Waals surface area contributed by atoms with Crippen LogP contribution in [0.15, 0.2) is 24.3 Å². The van der Waals surface area contributed by atoms with E-state index in [4.69, 9.17) is 19.2 Å². The number of ether oxygens (including phenoxy) is 3. The Hall–Kier alpha value is -2.91. The molecule has 3 aliphatic rings. The molecule has 2 aliphatic heterocycles. The number of aromatic nitrogens is 2. The molecule has 2 N–H and O–H groups in total. The third-order valence-electron chi connectivity index (χ3n) is 7.13. The zero-order chi connectivity index (χ0) is 24.2. The Kier molecular flexibility index (Phi) is 7.34. The van der Waals surface area contributed by atoms with Gasteiger partial charge in [-0.1, -0.05) is 19.1 Å². The van der Waals surface area contributed by atoms with E-state index in [9.17, 15) is 9.90 Å². The summed E-state index contributed by atoms with van der Waals surface area (Å²) in [6, 6.07) is 8.08. The van der Waals surface area contributed by atoms with E-state index in [0.717, 1.165) is 50.9 Å². The highest BCUT2D eigenvalue weighted by molar-refractivity contribution is 5.96. The molecule has 1 aromatic heterocycles. The lowest BCUT2D eigenvalue weighted by Crippen LogP contribution is -2.36. The number of carbonyl (C=O) groups is 1. The minimum Gasteiger partial charge on any atom is -0.476 e. The highest BCUT2D eigenvalue weighted by Gasteiger charge is 2.28. The van der Waals surface area contributed by atoms with Gasteiger partial charge < -0.3 is 29.5 Å². The van der Waals surface area contributed by atoms with E-state index in [1.165, 1.54) is 0 Å². The van der Waals surface area contributed by atoms with Gasteiger partial charge in [0.1, 0.15) is 6.10 Å². The molecular formula is C26H34N4O5. The van der Waals surface area contributed by atoms with Crippen LogP contribution in [0.3, 0.4) is 0 Å². The molecule has 0 amide bonds. The SMILES string of the molecule is C[C@H]1CC[C@@H](Nc2nc(O[C@@H]3CCOC3)c(-c3ccc(N4CCOCC4)cc3)c(C(=O)O)n2)CC1. The van der Waals surface area contributed by atoms with Crippen molar-refractivity contribution in [1.29, 1.82) is 0 Å². The van der Waals surface area contributed by atoms with Gasteiger partial charge in [0.15, 0.2) is 5.69 Å². The third kappa shape index (κ3) is 5.67. The molecule has 5 rings (SSSR count). The Morgan fingerprint density at radius 3 is 2.43 bits per heavy atom. The Balaban J connectivity index is 1.48. The summed E-state index contributed by atoms with van der Waals surface area (Å²) in [4.78, 5) is 23.8. The van der Waals surface area contributed by atoms with Crippen LogP contribution in [0.1, 0.15) is 49.5 Å². The molecule has 1 saturated carbocycles. The minimum absolute atomic E-state index is 0.0558. The molecule has 0 bridgehead atoms. The first-order chi connectivity index (χ1) is 17.1. The summed E-state index contributed by atoms with van der Waals surface area (Å²) in [7, 11) is 0. The van der Waals surface area contributed by atoms with Crippen LogP contribution in [-0.2, 0) is 9.47 Å². The lowest BCUT2D eigenvalue weighted by Gasteiger charge is -2.29. The zero-order valence-electron chi connectivity index (χ0n) is 20.2. The number of aromatic carboxylic acids is 1. The van der Waals surface area contributed by atoms with Gasteiger partial charge in [0.05, 0.1) is 32.0 Å². The largest absolute Gasteiger partial charge is 0.476 e. The van der Waals surface area contributed by atoms with Crippen LogP contribution < -0.4 is 15.0 Å². The molecule has 0 unspecified atom stereocenters. The number of anilines is 2. The van der Waals surface area contributed by atoms with E-state index in [1.807, 2.05) is 24.3 Å². The van der Waals surface area contributed by atoms with Crippen molar-refractivity contribution in [2.75, 3.05) is 49.7 Å². The van der Waals surface area contributed by atoms with Crippen molar-refractivity contribution in [3.63, 3.8) is 0 Å². The highest BCUT2D eigenvalue weighted by atomic mass is 16.5. The van der Waals surface area contributed by atoms with Gasteiger partial charge in [0.2, 0.25) is 11.8 Å². The molecule has 1 atom stereocenters. The maximum absolute atomic E-state index is 12.4. The molecule has 1 aromatic carbocycles. The Morgan fingerprint density at radius 2 is 1.77 bits per heavy atom. The standard InChI is InChI=1S/C26H34N4O5/c1-17-2-6-19(7-3-17)27-26-28-23(25(31)32)22(24(29-26)35-21-10-13-34-16-21)18-4-8-20(9-5-18)30-11-14-33-15-12-30/h4-5,8-9,17,19,21H,2-3,6-7,10-16H2,1H3,(H,31,32)(H,27,28,29)/t17-,19+,21-/m1/s1. The van der Waals surface area contributed by atoms with E-state index in [0.29, 0.717) is 55.3 Å². The fourth-order valence-corrected chi connectivity index (χ4v) is 5.02. The van der Waals surface area contributed by atoms with Gasteiger partial charge in [0, 0.05) is 31.2 Å². The van der Waals surface area contributed by atoms with Gasteiger partial charge in [-0.05, 0) is 49.3 Å². The first-order valence-corrected chi connectivity index (χ1v) is 12.7. The van der Waals surface area contributed by atoms with Gasteiger partial charge in [-0.3, -0.25) is 0 Å². The average molecular weight is 483 g/mol. The number of morpholine rings is 1. The average Bonchev–Trinajstić information content (AvgIpc) is 3.39. The van der Waals surface area contributed by atoms with Crippen molar-refractivity contribution >= 4 is 17.6 Å². The fourth-order valence-electron chi connectivity index (χ4n) is 5.02. The number of hydrogen-bond acceptors (Lipinski definition) is 8. The summed E-state index contributed by atoms with van der Waals surface area (Å²) in [5.74, 6) is 0.211. The minimum atomic E-state index is -1.10. The zero-order valence-corrected chi connectivity index (χ0v) is 20.2. The molecule has 3 heterocycles. The van der Waals surface area contributed by atoms with E-state index >= 15 is 0 Å². The topological polar surface area (TPSA) is 106 Å². The van der Waals surface area contributed by atoms with Crippen molar-refractivity contribution in [2.24, 2.45) is 5.92 Å². The second-order valence-electron chi connectivity index (χ2n) is 9.73. The van der Waals surface area contributed by atoms with Gasteiger partial charge in [0.25, 0.3) is 0 Å². The maximum Gasteiger partial charge on any atom is 0.355 e. The van der Waals surface area contributed by atoms with E-state index in [-0.39, 0.29) is 17.8 Å². The molecule has 188 valence electrons. The lowest BCUT2D eigenvalue weighted by atomic mass is 9.87. The van der Waals surface area contributed by atoms with Crippen LogP contribution in [0.2, 0.25) is 0 Å². The number of benzene rings is 1. The second-order valence-corrected chi connectivity index (χ2v) is 9.73. The van der Waals surface area contributed by atoms with Crippen LogP contribution in [0.5, 0.6) is 5.88 Å². The fraction of sp³-hybridized carbons (Fsp3) is 0.577. The monoisotopic (exact) mass is 482 g/mol. The van der Waals surface area contributed by atoms with Gasteiger partial charge in [-0.2, -0.15) is 4.98 Å². The van der Waals surface area contributed by atoms with Crippen molar-refractivity contribution in [2.45, 2.75) is 51.2 Å². The Bertz CT molecular complexity index is 1010. The van der Waals surface area contributed by atoms with Gasteiger partial charge in [-0.25, -0.2) is 9.78 Å². The predicted molar refractivity (Wildman–Crippen MR) is 132 cm³/mol. The van der Waals surface area contributed by atoms with Crippen LogP contribution in [0.25, 0.3) is 11.1 Å². The quantitative estimate of drug-likeness (QED) is 0.609. The van der Waals surface area contributed by atoms with Crippen molar-refractivity contribution in [3.05, 3.63) is 30.0 Å². The molecule has 2 saturated heterocycles. The molecule has 35 heavy (non-hydrogen) atoms. The van der Waals surface area contributed by atoms with Crippen molar-refractivity contribution in [3.8, 4) is 17.0 Å². The van der Waals surface area contributed by atoms with E-state index < -0.39 is 5.97 Å². The summed E-state index contributed by atoms with van der Waals surface area (Å²) in [5, 5.41) is 13.5. The van der Waals surface area contributed by atoms with Crippen LogP contribution in [-0.4, -0.2) is 72.7 Å². The highest BCUT2D eigenvalue weighted by Crippen LogP contribution is 2.36. The molecule has 1 aliphatic carbocycles. The molecule has 9 heteroatoms. The van der Waals surface area contributed by atoms with E-state index in [1.54, 1.807) is 0 Å². The maximum atomic E-state index is 12.4. The molecule has 3 fully saturated rings. The first-order valence-electron chi connectivity index (χ1n) is 12.7. The van der Waals surface area contributed by atoms with Crippen LogP contribution in [0.4, 0.5) is 11.6 Å². The second kappa shape index (κ2) is 10.8. The van der Waals surface area contributed by atoms with Crippen LogP contribution >= 0.6 is 0 Å². The predicted octanol–water partition coefficient (Wildman–Crippen LogP) is 3.84. The molecule has 2 aromatic rings. The number of hydrogen-bond donors (Lipinski definition) is 2. The Labute approximate surface area is 205 Å². The number of carboxylic acids is 1. The van der Waals surface area contributed by atoms with Gasteiger partial charge in [-0.15, -0.1) is 0 Å². The molecule has 9 nitrogen and oxygen atoms in total. The summed E-state index contributed by atoms with van der Waals surface area (Å²) in [6.07, 6.45) is 4.89. The number of rotatable bonds is 7. The molecule has 0 spiro atoms. The van der Waals surface area contributed by atoms with Gasteiger partial charge >= 0.3 is 5.97 Å². The molecular weight excluding hydrogens is 448 g/mol. The summed E-state index contributed by atoms with van der Waals surface area (Å²) in [5.41, 5.74) is 2.14. The summed E-state index contributed by atoms with van der Waals surface area (Å²) >= 11 is 0. The smallest absolute Gasteiger partial charge is 0.355 e. The number of carboxylic acid groups (broad SMARTS) is 1. The summed E-state index contributed by atoms with van der Waals surface area (Å²) in [6.45, 7) is 6.42.